The number of rotatable bonds is 7. The Labute approximate surface area is 167 Å². The number of aromatic nitrogens is 2. The van der Waals surface area contributed by atoms with Gasteiger partial charge in [0.05, 0.1) is 24.7 Å². The van der Waals surface area contributed by atoms with Gasteiger partial charge in [-0.15, -0.1) is 0 Å². The molecule has 0 aliphatic carbocycles. The third kappa shape index (κ3) is 4.80. The maximum absolute atomic E-state index is 12.1. The standard InChI is InChI=1S/C20H20ClN3O4/c1-12-4-7-16(17(10-12)26-3)27-19-9-5-14(11-22-19)23-18(25)8-6-15-13(2)24-28-20(15)21/h4-5,7,9-11H,6,8H2,1-3H3,(H,23,25). The van der Waals surface area contributed by atoms with Gasteiger partial charge in [0.25, 0.3) is 0 Å². The van der Waals surface area contributed by atoms with Crippen molar-refractivity contribution in [2.24, 2.45) is 0 Å². The zero-order valence-corrected chi connectivity index (χ0v) is 16.5. The number of pyridine rings is 1. The van der Waals surface area contributed by atoms with Crippen LogP contribution in [-0.4, -0.2) is 23.2 Å². The van der Waals surface area contributed by atoms with E-state index in [4.69, 9.17) is 25.6 Å². The molecule has 0 bridgehead atoms. The van der Waals surface area contributed by atoms with Crippen LogP contribution in [-0.2, 0) is 11.2 Å². The number of nitrogens with one attached hydrogen (secondary N) is 1. The number of anilines is 1. The average molecular weight is 402 g/mol. The number of amides is 1. The number of carbonyl (C=O) groups is 1. The molecule has 2 heterocycles. The Morgan fingerprint density at radius 3 is 2.68 bits per heavy atom. The fourth-order valence-electron chi connectivity index (χ4n) is 2.59. The van der Waals surface area contributed by atoms with Crippen LogP contribution in [0.25, 0.3) is 0 Å². The Balaban J connectivity index is 1.58. The van der Waals surface area contributed by atoms with E-state index in [9.17, 15) is 4.79 Å². The normalized spacial score (nSPS) is 10.6. The van der Waals surface area contributed by atoms with Crippen LogP contribution < -0.4 is 14.8 Å². The first kappa shape index (κ1) is 19.7. The van der Waals surface area contributed by atoms with E-state index in [1.165, 1.54) is 6.20 Å². The summed E-state index contributed by atoms with van der Waals surface area (Å²) in [5.41, 5.74) is 3.07. The molecule has 2 aromatic heterocycles. The summed E-state index contributed by atoms with van der Waals surface area (Å²) in [5, 5.41) is 6.78. The third-order valence-corrected chi connectivity index (χ3v) is 4.39. The number of nitrogens with zero attached hydrogens (tertiary/aromatic N) is 2. The van der Waals surface area contributed by atoms with Gasteiger partial charge in [0, 0.05) is 18.1 Å². The topological polar surface area (TPSA) is 86.5 Å². The molecule has 0 spiro atoms. The van der Waals surface area contributed by atoms with Crippen molar-refractivity contribution in [3.05, 3.63) is 58.6 Å². The number of hydrogen-bond acceptors (Lipinski definition) is 6. The number of ether oxygens (including phenoxy) is 2. The maximum atomic E-state index is 12.1. The van der Waals surface area contributed by atoms with Crippen molar-refractivity contribution < 1.29 is 18.8 Å². The lowest BCUT2D eigenvalue weighted by atomic mass is 10.1. The van der Waals surface area contributed by atoms with Gasteiger partial charge in [-0.25, -0.2) is 4.98 Å². The Kier molecular flexibility index (Phi) is 6.16. The highest BCUT2D eigenvalue weighted by Crippen LogP contribution is 2.31. The fourth-order valence-corrected chi connectivity index (χ4v) is 2.85. The Morgan fingerprint density at radius 1 is 1.21 bits per heavy atom. The van der Waals surface area contributed by atoms with Gasteiger partial charge in [0.15, 0.2) is 11.5 Å². The molecule has 1 amide bonds. The number of hydrogen-bond donors (Lipinski definition) is 1. The van der Waals surface area contributed by atoms with Gasteiger partial charge in [0.2, 0.25) is 17.0 Å². The second-order valence-electron chi connectivity index (χ2n) is 6.21. The smallest absolute Gasteiger partial charge is 0.229 e. The molecule has 8 heteroatoms. The van der Waals surface area contributed by atoms with E-state index in [-0.39, 0.29) is 17.5 Å². The van der Waals surface area contributed by atoms with Crippen molar-refractivity contribution in [3.63, 3.8) is 0 Å². The van der Waals surface area contributed by atoms with Crippen LogP contribution in [0.1, 0.15) is 23.2 Å². The van der Waals surface area contributed by atoms with Gasteiger partial charge in [-0.2, -0.15) is 0 Å². The van der Waals surface area contributed by atoms with Gasteiger partial charge in [-0.05, 0) is 55.6 Å². The summed E-state index contributed by atoms with van der Waals surface area (Å²) in [4.78, 5) is 16.4. The molecular formula is C20H20ClN3O4. The lowest BCUT2D eigenvalue weighted by Gasteiger charge is -2.11. The number of carbonyl (C=O) groups excluding carboxylic acids is 1. The third-order valence-electron chi connectivity index (χ3n) is 4.09. The van der Waals surface area contributed by atoms with E-state index in [0.717, 1.165) is 11.1 Å². The zero-order chi connectivity index (χ0) is 20.1. The highest BCUT2D eigenvalue weighted by molar-refractivity contribution is 6.29. The van der Waals surface area contributed by atoms with Crippen molar-refractivity contribution in [1.82, 2.24) is 10.1 Å². The number of halogens is 1. The van der Waals surface area contributed by atoms with Crippen molar-refractivity contribution in [2.75, 3.05) is 12.4 Å². The molecule has 3 aromatic rings. The fraction of sp³-hybridized carbons (Fsp3) is 0.250. The summed E-state index contributed by atoms with van der Waals surface area (Å²) in [6.07, 6.45) is 2.23. The summed E-state index contributed by atoms with van der Waals surface area (Å²) in [6.45, 7) is 3.76. The minimum atomic E-state index is -0.160. The van der Waals surface area contributed by atoms with Crippen LogP contribution in [0, 0.1) is 13.8 Å². The van der Waals surface area contributed by atoms with Crippen LogP contribution in [0.2, 0.25) is 5.22 Å². The lowest BCUT2D eigenvalue weighted by molar-refractivity contribution is -0.116. The first-order valence-electron chi connectivity index (χ1n) is 8.65. The molecule has 7 nitrogen and oxygen atoms in total. The van der Waals surface area contributed by atoms with Crippen molar-refractivity contribution >= 4 is 23.2 Å². The van der Waals surface area contributed by atoms with Crippen LogP contribution in [0.3, 0.4) is 0 Å². The van der Waals surface area contributed by atoms with E-state index in [0.29, 0.717) is 35.2 Å². The summed E-state index contributed by atoms with van der Waals surface area (Å²) < 4.78 is 16.0. The lowest BCUT2D eigenvalue weighted by Crippen LogP contribution is -2.12. The molecule has 0 saturated carbocycles. The average Bonchev–Trinajstić information content (AvgIpc) is 3.00. The van der Waals surface area contributed by atoms with Gasteiger partial charge in [-0.1, -0.05) is 11.2 Å². The molecule has 0 radical (unpaired) electrons. The molecule has 0 atom stereocenters. The number of aryl methyl sites for hydroxylation is 2. The first-order valence-corrected chi connectivity index (χ1v) is 9.03. The van der Waals surface area contributed by atoms with Gasteiger partial charge in [-0.3, -0.25) is 4.79 Å². The molecule has 146 valence electrons. The molecule has 0 unspecified atom stereocenters. The zero-order valence-electron chi connectivity index (χ0n) is 15.8. The van der Waals surface area contributed by atoms with Gasteiger partial charge >= 0.3 is 0 Å². The highest BCUT2D eigenvalue weighted by Gasteiger charge is 2.13. The summed E-state index contributed by atoms with van der Waals surface area (Å²) in [5.74, 6) is 1.43. The van der Waals surface area contributed by atoms with Crippen LogP contribution in [0.15, 0.2) is 41.1 Å². The summed E-state index contributed by atoms with van der Waals surface area (Å²) in [7, 11) is 1.59. The predicted molar refractivity (Wildman–Crippen MR) is 105 cm³/mol. The van der Waals surface area contributed by atoms with Crippen LogP contribution in [0.4, 0.5) is 5.69 Å². The van der Waals surface area contributed by atoms with E-state index < -0.39 is 0 Å². The Hall–Kier alpha value is -3.06. The first-order chi connectivity index (χ1) is 13.5. The second kappa shape index (κ2) is 8.75. The Morgan fingerprint density at radius 2 is 2.04 bits per heavy atom. The van der Waals surface area contributed by atoms with Crippen LogP contribution in [0.5, 0.6) is 17.4 Å². The number of methoxy groups -OCH3 is 1. The molecule has 28 heavy (non-hydrogen) atoms. The molecular weight excluding hydrogens is 382 g/mol. The minimum absolute atomic E-state index is 0.160. The van der Waals surface area contributed by atoms with Crippen molar-refractivity contribution in [2.45, 2.75) is 26.7 Å². The SMILES string of the molecule is COc1cc(C)ccc1Oc1ccc(NC(=O)CCc2c(C)noc2Cl)cn1. The predicted octanol–water partition coefficient (Wildman–Crippen LogP) is 4.71. The van der Waals surface area contributed by atoms with E-state index in [1.54, 1.807) is 26.2 Å². The quantitative estimate of drug-likeness (QED) is 0.616. The molecule has 0 aliphatic rings. The van der Waals surface area contributed by atoms with E-state index >= 15 is 0 Å². The minimum Gasteiger partial charge on any atom is -0.493 e. The number of benzene rings is 1. The second-order valence-corrected chi connectivity index (χ2v) is 6.55. The molecule has 3 rings (SSSR count). The molecule has 1 aromatic carbocycles. The van der Waals surface area contributed by atoms with Crippen molar-refractivity contribution in [1.29, 1.82) is 0 Å². The molecule has 0 saturated heterocycles. The van der Waals surface area contributed by atoms with Crippen molar-refractivity contribution in [3.8, 4) is 17.4 Å². The molecule has 0 aliphatic heterocycles. The van der Waals surface area contributed by atoms with Gasteiger partial charge < -0.3 is 19.3 Å². The molecule has 1 N–H and O–H groups in total. The summed E-state index contributed by atoms with van der Waals surface area (Å²) in [6, 6.07) is 9.03. The summed E-state index contributed by atoms with van der Waals surface area (Å²) >= 11 is 5.91. The Bertz CT molecular complexity index is 951. The molecule has 0 fully saturated rings. The van der Waals surface area contributed by atoms with Gasteiger partial charge in [0.1, 0.15) is 0 Å². The maximum Gasteiger partial charge on any atom is 0.229 e. The van der Waals surface area contributed by atoms with E-state index in [1.807, 2.05) is 25.1 Å². The van der Waals surface area contributed by atoms with Crippen LogP contribution >= 0.6 is 11.6 Å². The highest BCUT2D eigenvalue weighted by atomic mass is 35.5. The largest absolute Gasteiger partial charge is 0.493 e. The van der Waals surface area contributed by atoms with E-state index in [2.05, 4.69) is 15.5 Å². The monoisotopic (exact) mass is 401 g/mol.